The second-order valence-corrected chi connectivity index (χ2v) is 2.23. The predicted octanol–water partition coefficient (Wildman–Crippen LogP) is 2.55. The molecule has 2 heteroatoms. The first-order valence-corrected chi connectivity index (χ1v) is 4.24. The van der Waals surface area contributed by atoms with E-state index in [1.54, 1.807) is 0 Å². The second kappa shape index (κ2) is 4.94. The van der Waals surface area contributed by atoms with Crippen LogP contribution in [0.5, 0.6) is 0 Å². The Balaban J connectivity index is 0.000000461. The lowest BCUT2D eigenvalue weighted by Crippen LogP contribution is -1.98. The zero-order valence-electron chi connectivity index (χ0n) is 8.18. The molecule has 0 aromatic carbocycles. The van der Waals surface area contributed by atoms with Crippen LogP contribution in [-0.4, -0.2) is 9.78 Å². The number of rotatable bonds is 1. The molecular formula is C9H18N2. The SMILES string of the molecule is CC.CCn1ncc(C)c1C. The topological polar surface area (TPSA) is 17.8 Å². The minimum absolute atomic E-state index is 0.972. The number of hydrogen-bond donors (Lipinski definition) is 0. The molecule has 0 aliphatic rings. The van der Waals surface area contributed by atoms with Crippen molar-refractivity contribution in [3.8, 4) is 0 Å². The van der Waals surface area contributed by atoms with Gasteiger partial charge in [0, 0.05) is 12.2 Å². The number of hydrogen-bond acceptors (Lipinski definition) is 1. The maximum absolute atomic E-state index is 4.15. The van der Waals surface area contributed by atoms with Crippen LogP contribution in [0.3, 0.4) is 0 Å². The van der Waals surface area contributed by atoms with Gasteiger partial charge in [0.15, 0.2) is 0 Å². The predicted molar refractivity (Wildman–Crippen MR) is 48.7 cm³/mol. The molecule has 0 aliphatic carbocycles. The number of aromatic nitrogens is 2. The normalized spacial score (nSPS) is 8.82. The summed E-state index contributed by atoms with van der Waals surface area (Å²) in [5.74, 6) is 0. The van der Waals surface area contributed by atoms with Gasteiger partial charge in [0.05, 0.1) is 6.20 Å². The Morgan fingerprint density at radius 1 is 1.36 bits per heavy atom. The fraction of sp³-hybridized carbons (Fsp3) is 0.667. The molecule has 1 rings (SSSR count). The van der Waals surface area contributed by atoms with Crippen LogP contribution < -0.4 is 0 Å². The van der Waals surface area contributed by atoms with Gasteiger partial charge in [-0.3, -0.25) is 4.68 Å². The molecule has 0 bridgehead atoms. The highest BCUT2D eigenvalue weighted by Gasteiger charge is 1.96. The van der Waals surface area contributed by atoms with Crippen LogP contribution in [0.15, 0.2) is 6.20 Å². The third-order valence-electron chi connectivity index (χ3n) is 1.65. The number of aryl methyl sites for hydroxylation is 2. The Morgan fingerprint density at radius 2 is 1.91 bits per heavy atom. The lowest BCUT2D eigenvalue weighted by atomic mass is 10.3. The van der Waals surface area contributed by atoms with Crippen molar-refractivity contribution in [1.29, 1.82) is 0 Å². The zero-order chi connectivity index (χ0) is 8.85. The standard InChI is InChI=1S/C7H12N2.C2H6/c1-4-9-7(3)6(2)5-8-9;1-2/h5H,4H2,1-3H3;1-2H3. The molecule has 1 aromatic rings. The van der Waals surface area contributed by atoms with Gasteiger partial charge in [-0.1, -0.05) is 13.8 Å². The first kappa shape index (κ1) is 10.2. The smallest absolute Gasteiger partial charge is 0.0521 e. The van der Waals surface area contributed by atoms with E-state index in [9.17, 15) is 0 Å². The van der Waals surface area contributed by atoms with Gasteiger partial charge < -0.3 is 0 Å². The summed E-state index contributed by atoms with van der Waals surface area (Å²) in [5, 5.41) is 4.15. The summed E-state index contributed by atoms with van der Waals surface area (Å²) in [6.45, 7) is 11.2. The molecule has 0 aliphatic heterocycles. The summed E-state index contributed by atoms with van der Waals surface area (Å²) < 4.78 is 2.00. The molecule has 0 fully saturated rings. The van der Waals surface area contributed by atoms with Crippen LogP contribution in [0.2, 0.25) is 0 Å². The van der Waals surface area contributed by atoms with Crippen LogP contribution in [-0.2, 0) is 6.54 Å². The Hall–Kier alpha value is -0.790. The fourth-order valence-electron chi connectivity index (χ4n) is 0.859. The van der Waals surface area contributed by atoms with Crippen molar-refractivity contribution in [3.63, 3.8) is 0 Å². The largest absolute Gasteiger partial charge is 0.270 e. The fourth-order valence-corrected chi connectivity index (χ4v) is 0.859. The summed E-state index contributed by atoms with van der Waals surface area (Å²) in [5.41, 5.74) is 2.55. The van der Waals surface area contributed by atoms with Crippen molar-refractivity contribution in [2.45, 2.75) is 41.2 Å². The lowest BCUT2D eigenvalue weighted by molar-refractivity contribution is 0.639. The molecule has 0 saturated heterocycles. The first-order valence-electron chi connectivity index (χ1n) is 4.24. The van der Waals surface area contributed by atoms with Crippen LogP contribution >= 0.6 is 0 Å². The van der Waals surface area contributed by atoms with E-state index in [4.69, 9.17) is 0 Å². The van der Waals surface area contributed by atoms with Crippen molar-refractivity contribution in [1.82, 2.24) is 9.78 Å². The van der Waals surface area contributed by atoms with E-state index in [-0.39, 0.29) is 0 Å². The van der Waals surface area contributed by atoms with Gasteiger partial charge in [-0.25, -0.2) is 0 Å². The maximum Gasteiger partial charge on any atom is 0.0521 e. The lowest BCUT2D eigenvalue weighted by Gasteiger charge is -1.97. The summed E-state index contributed by atoms with van der Waals surface area (Å²) in [6, 6.07) is 0. The molecule has 0 unspecified atom stereocenters. The van der Waals surface area contributed by atoms with E-state index < -0.39 is 0 Å². The minimum atomic E-state index is 0.972. The first-order chi connectivity index (χ1) is 5.25. The highest BCUT2D eigenvalue weighted by atomic mass is 15.3. The number of nitrogens with zero attached hydrogens (tertiary/aromatic N) is 2. The Labute approximate surface area is 69.2 Å². The highest BCUT2D eigenvalue weighted by Crippen LogP contribution is 2.03. The molecule has 1 aromatic heterocycles. The van der Waals surface area contributed by atoms with E-state index in [0.717, 1.165) is 6.54 Å². The molecular weight excluding hydrogens is 136 g/mol. The van der Waals surface area contributed by atoms with Gasteiger partial charge in [0.2, 0.25) is 0 Å². The van der Waals surface area contributed by atoms with E-state index in [1.165, 1.54) is 11.3 Å². The van der Waals surface area contributed by atoms with Crippen LogP contribution in [0.1, 0.15) is 32.0 Å². The molecule has 0 saturated carbocycles. The zero-order valence-corrected chi connectivity index (χ0v) is 8.18. The third-order valence-corrected chi connectivity index (χ3v) is 1.65. The van der Waals surface area contributed by atoms with Gasteiger partial charge in [-0.05, 0) is 26.3 Å². The van der Waals surface area contributed by atoms with Crippen molar-refractivity contribution in [3.05, 3.63) is 17.5 Å². The van der Waals surface area contributed by atoms with E-state index in [1.807, 2.05) is 24.7 Å². The van der Waals surface area contributed by atoms with Gasteiger partial charge >= 0.3 is 0 Å². The van der Waals surface area contributed by atoms with Gasteiger partial charge in [-0.2, -0.15) is 5.10 Å². The molecule has 0 N–H and O–H groups in total. The third kappa shape index (κ3) is 2.37. The van der Waals surface area contributed by atoms with Crippen LogP contribution in [0, 0.1) is 13.8 Å². The second-order valence-electron chi connectivity index (χ2n) is 2.23. The minimum Gasteiger partial charge on any atom is -0.270 e. The Bertz CT molecular complexity index is 201. The highest BCUT2D eigenvalue weighted by molar-refractivity contribution is 5.12. The molecule has 2 nitrogen and oxygen atoms in total. The Morgan fingerprint density at radius 3 is 2.09 bits per heavy atom. The summed E-state index contributed by atoms with van der Waals surface area (Å²) in [4.78, 5) is 0. The molecule has 0 amide bonds. The van der Waals surface area contributed by atoms with Crippen LogP contribution in [0.25, 0.3) is 0 Å². The van der Waals surface area contributed by atoms with Gasteiger partial charge in [0.25, 0.3) is 0 Å². The van der Waals surface area contributed by atoms with Crippen molar-refractivity contribution < 1.29 is 0 Å². The molecule has 64 valence electrons. The summed E-state index contributed by atoms with van der Waals surface area (Å²) in [7, 11) is 0. The van der Waals surface area contributed by atoms with Gasteiger partial charge in [0.1, 0.15) is 0 Å². The van der Waals surface area contributed by atoms with E-state index in [0.29, 0.717) is 0 Å². The quantitative estimate of drug-likeness (QED) is 0.608. The van der Waals surface area contributed by atoms with Gasteiger partial charge in [-0.15, -0.1) is 0 Å². The molecule has 11 heavy (non-hydrogen) atoms. The van der Waals surface area contributed by atoms with E-state index in [2.05, 4.69) is 25.9 Å². The van der Waals surface area contributed by atoms with Crippen molar-refractivity contribution in [2.75, 3.05) is 0 Å². The average molecular weight is 154 g/mol. The monoisotopic (exact) mass is 154 g/mol. The average Bonchev–Trinajstić information content (AvgIpc) is 2.37. The van der Waals surface area contributed by atoms with Crippen molar-refractivity contribution in [2.24, 2.45) is 0 Å². The molecule has 0 atom stereocenters. The molecule has 1 heterocycles. The van der Waals surface area contributed by atoms with Crippen LogP contribution in [0.4, 0.5) is 0 Å². The summed E-state index contributed by atoms with van der Waals surface area (Å²) >= 11 is 0. The molecule has 0 radical (unpaired) electrons. The summed E-state index contributed by atoms with van der Waals surface area (Å²) in [6.07, 6.45) is 1.90. The maximum atomic E-state index is 4.15. The van der Waals surface area contributed by atoms with Crippen molar-refractivity contribution >= 4 is 0 Å². The molecule has 0 spiro atoms. The Kier molecular flexibility index (Phi) is 4.59. The van der Waals surface area contributed by atoms with E-state index >= 15 is 0 Å².